The lowest BCUT2D eigenvalue weighted by Gasteiger charge is -2.25. The van der Waals surface area contributed by atoms with Crippen molar-refractivity contribution in [3.63, 3.8) is 0 Å². The third-order valence-electron chi connectivity index (χ3n) is 4.75. The van der Waals surface area contributed by atoms with Crippen LogP contribution in [0.2, 0.25) is 0 Å². The third kappa shape index (κ3) is 4.16. The normalized spacial score (nSPS) is 17.3. The Labute approximate surface area is 174 Å². The van der Waals surface area contributed by atoms with E-state index in [1.165, 1.54) is 6.07 Å². The molecule has 30 heavy (non-hydrogen) atoms. The van der Waals surface area contributed by atoms with E-state index in [1.807, 2.05) is 30.3 Å². The molecule has 0 radical (unpaired) electrons. The summed E-state index contributed by atoms with van der Waals surface area (Å²) in [5, 5.41) is 5.46. The van der Waals surface area contributed by atoms with E-state index >= 15 is 0 Å². The summed E-state index contributed by atoms with van der Waals surface area (Å²) in [6, 6.07) is 12.1. The first kappa shape index (κ1) is 20.3. The second kappa shape index (κ2) is 7.71. The van der Waals surface area contributed by atoms with Crippen molar-refractivity contribution in [2.24, 2.45) is 0 Å². The van der Waals surface area contributed by atoms with Gasteiger partial charge in [-0.25, -0.2) is 0 Å². The summed E-state index contributed by atoms with van der Waals surface area (Å²) in [6.45, 7) is 1.78. The van der Waals surface area contributed by atoms with E-state index in [1.54, 1.807) is 6.92 Å². The van der Waals surface area contributed by atoms with E-state index in [2.05, 4.69) is 10.6 Å². The average molecular weight is 434 g/mol. The fraction of sp³-hybridized carbons (Fsp3) is 0.238. The molecule has 0 unspecified atom stereocenters. The topological polar surface area (TPSA) is 71.3 Å². The Hall–Kier alpha value is -2.94. The molecule has 9 heteroatoms. The van der Waals surface area contributed by atoms with Crippen LogP contribution < -0.4 is 10.6 Å². The second-order valence-corrected chi connectivity index (χ2v) is 8.23. The van der Waals surface area contributed by atoms with Crippen LogP contribution in [0.1, 0.15) is 30.7 Å². The summed E-state index contributed by atoms with van der Waals surface area (Å²) in [4.78, 5) is 25.3. The number of anilines is 1. The van der Waals surface area contributed by atoms with Gasteiger partial charge in [0.1, 0.15) is 11.3 Å². The van der Waals surface area contributed by atoms with Gasteiger partial charge in [-0.3, -0.25) is 9.59 Å². The summed E-state index contributed by atoms with van der Waals surface area (Å²) < 4.78 is 44.3. The van der Waals surface area contributed by atoms with Gasteiger partial charge in [0.15, 0.2) is 0 Å². The van der Waals surface area contributed by atoms with E-state index in [-0.39, 0.29) is 18.0 Å². The second-order valence-electron chi connectivity index (χ2n) is 6.98. The summed E-state index contributed by atoms with van der Waals surface area (Å²) in [5.74, 6) is -0.264. The number of para-hydroxylation sites is 1. The number of amides is 2. The molecule has 3 aromatic rings. The predicted molar refractivity (Wildman–Crippen MR) is 107 cm³/mol. The Balaban J connectivity index is 1.41. The third-order valence-corrected chi connectivity index (χ3v) is 6.02. The molecule has 1 aliphatic heterocycles. The van der Waals surface area contributed by atoms with Gasteiger partial charge in [-0.1, -0.05) is 18.2 Å². The highest BCUT2D eigenvalue weighted by atomic mass is 32.2. The highest BCUT2D eigenvalue weighted by Crippen LogP contribution is 2.40. The summed E-state index contributed by atoms with van der Waals surface area (Å²) in [7, 11) is 0. The monoisotopic (exact) mass is 434 g/mol. The van der Waals surface area contributed by atoms with Crippen LogP contribution in [0.15, 0.2) is 57.8 Å². The van der Waals surface area contributed by atoms with Crippen LogP contribution >= 0.6 is 11.8 Å². The summed E-state index contributed by atoms with van der Waals surface area (Å²) in [6.07, 6.45) is -4.60. The SMILES string of the molecule is C[C@H](NC(=O)C[C@H]1Sc2ccc(C(F)(F)F)cc2NC1=O)c1cc2ccccc2o1. The number of alkyl halides is 3. The molecule has 0 saturated heterocycles. The number of hydrogen-bond acceptors (Lipinski definition) is 4. The van der Waals surface area contributed by atoms with E-state index in [4.69, 9.17) is 4.42 Å². The van der Waals surface area contributed by atoms with Gasteiger partial charge in [-0.15, -0.1) is 11.8 Å². The van der Waals surface area contributed by atoms with Crippen molar-refractivity contribution >= 4 is 40.2 Å². The van der Waals surface area contributed by atoms with E-state index in [0.717, 1.165) is 29.3 Å². The number of carbonyl (C=O) groups is 2. The minimum absolute atomic E-state index is 0.104. The molecule has 2 N–H and O–H groups in total. The Morgan fingerprint density at radius 3 is 2.73 bits per heavy atom. The number of furan rings is 1. The van der Waals surface area contributed by atoms with E-state index in [0.29, 0.717) is 16.2 Å². The maximum Gasteiger partial charge on any atom is 0.416 e. The van der Waals surface area contributed by atoms with Crippen molar-refractivity contribution in [1.29, 1.82) is 0 Å². The van der Waals surface area contributed by atoms with Crippen molar-refractivity contribution in [3.8, 4) is 0 Å². The molecular formula is C21H17F3N2O3S. The number of halogens is 3. The molecule has 156 valence electrons. The Bertz CT molecular complexity index is 1090. The number of carbonyl (C=O) groups excluding carboxylic acids is 2. The molecule has 0 fully saturated rings. The number of rotatable bonds is 4. The molecule has 5 nitrogen and oxygen atoms in total. The van der Waals surface area contributed by atoms with Gasteiger partial charge >= 0.3 is 6.18 Å². The predicted octanol–water partition coefficient (Wildman–Crippen LogP) is 5.13. The zero-order valence-electron chi connectivity index (χ0n) is 15.7. The molecular weight excluding hydrogens is 417 g/mol. The molecule has 4 rings (SSSR count). The smallest absolute Gasteiger partial charge is 0.416 e. The van der Waals surface area contributed by atoms with Gasteiger partial charge in [0.25, 0.3) is 0 Å². The molecule has 1 aliphatic rings. The van der Waals surface area contributed by atoms with Crippen LogP contribution in [0.5, 0.6) is 0 Å². The van der Waals surface area contributed by atoms with Crippen LogP contribution in [-0.2, 0) is 15.8 Å². The lowest BCUT2D eigenvalue weighted by atomic mass is 10.1. The fourth-order valence-electron chi connectivity index (χ4n) is 3.22. The minimum atomic E-state index is -4.49. The van der Waals surface area contributed by atoms with Crippen molar-refractivity contribution < 1.29 is 27.2 Å². The minimum Gasteiger partial charge on any atom is -0.459 e. The van der Waals surface area contributed by atoms with E-state index in [9.17, 15) is 22.8 Å². The van der Waals surface area contributed by atoms with Gasteiger partial charge in [0, 0.05) is 16.7 Å². The number of thioether (sulfide) groups is 1. The van der Waals surface area contributed by atoms with Gasteiger partial charge in [0.05, 0.1) is 22.5 Å². The first-order valence-electron chi connectivity index (χ1n) is 9.17. The number of nitrogens with one attached hydrogen (secondary N) is 2. The zero-order valence-corrected chi connectivity index (χ0v) is 16.6. The van der Waals surface area contributed by atoms with Crippen LogP contribution in [-0.4, -0.2) is 17.1 Å². The standard InChI is InChI=1S/C21H17F3N2O3S/c1-11(16-8-12-4-2-3-5-15(12)29-16)25-19(27)10-18-20(28)26-14-9-13(21(22,23)24)6-7-17(14)30-18/h2-9,11,18H,10H2,1H3,(H,25,27)(H,26,28)/t11-,18+/m0/s1. The lowest BCUT2D eigenvalue weighted by molar-refractivity contribution is -0.137. The molecule has 2 heterocycles. The van der Waals surface area contributed by atoms with Crippen LogP contribution in [0.3, 0.4) is 0 Å². The van der Waals surface area contributed by atoms with Crippen molar-refractivity contribution in [3.05, 3.63) is 59.9 Å². The Morgan fingerprint density at radius 2 is 2.00 bits per heavy atom. The van der Waals surface area contributed by atoms with Gasteiger partial charge < -0.3 is 15.1 Å². The maximum absolute atomic E-state index is 12.9. The quantitative estimate of drug-likeness (QED) is 0.597. The maximum atomic E-state index is 12.9. The molecule has 2 atom stereocenters. The Morgan fingerprint density at radius 1 is 1.23 bits per heavy atom. The molecule has 0 bridgehead atoms. The molecule has 2 aromatic carbocycles. The van der Waals surface area contributed by atoms with Crippen LogP contribution in [0.25, 0.3) is 11.0 Å². The number of hydrogen-bond donors (Lipinski definition) is 2. The van der Waals surface area contributed by atoms with Crippen molar-refractivity contribution in [1.82, 2.24) is 5.32 Å². The number of fused-ring (bicyclic) bond motifs is 2. The van der Waals surface area contributed by atoms with Crippen molar-refractivity contribution in [2.45, 2.75) is 35.7 Å². The van der Waals surface area contributed by atoms with Gasteiger partial charge in [-0.2, -0.15) is 13.2 Å². The first-order valence-corrected chi connectivity index (χ1v) is 10.1. The van der Waals surface area contributed by atoms with E-state index < -0.39 is 28.9 Å². The Kier molecular flexibility index (Phi) is 5.23. The van der Waals surface area contributed by atoms with Gasteiger partial charge in [-0.05, 0) is 37.3 Å². The summed E-state index contributed by atoms with van der Waals surface area (Å²) in [5.41, 5.74) is -0.0178. The molecule has 0 saturated carbocycles. The molecule has 1 aromatic heterocycles. The first-order chi connectivity index (χ1) is 14.2. The molecule has 0 aliphatic carbocycles. The zero-order chi connectivity index (χ0) is 21.5. The van der Waals surface area contributed by atoms with Crippen molar-refractivity contribution in [2.75, 3.05) is 5.32 Å². The summed E-state index contributed by atoms with van der Waals surface area (Å²) >= 11 is 1.08. The molecule has 0 spiro atoms. The van der Waals surface area contributed by atoms with Gasteiger partial charge in [0.2, 0.25) is 11.8 Å². The number of benzene rings is 2. The average Bonchev–Trinajstić information content (AvgIpc) is 3.12. The highest BCUT2D eigenvalue weighted by Gasteiger charge is 2.34. The van der Waals surface area contributed by atoms with Crippen LogP contribution in [0.4, 0.5) is 18.9 Å². The van der Waals surface area contributed by atoms with Crippen LogP contribution in [0, 0.1) is 0 Å². The fourth-order valence-corrected chi connectivity index (χ4v) is 4.31. The largest absolute Gasteiger partial charge is 0.459 e. The lowest BCUT2D eigenvalue weighted by Crippen LogP contribution is -2.35. The highest BCUT2D eigenvalue weighted by molar-refractivity contribution is 8.01. The molecule has 2 amide bonds.